The van der Waals surface area contributed by atoms with Crippen LogP contribution in [-0.4, -0.2) is 35.4 Å². The van der Waals surface area contributed by atoms with E-state index in [1.54, 1.807) is 11.3 Å². The van der Waals surface area contributed by atoms with Gasteiger partial charge in [-0.3, -0.25) is 4.79 Å². The summed E-state index contributed by atoms with van der Waals surface area (Å²) in [6.45, 7) is 5.63. The summed E-state index contributed by atoms with van der Waals surface area (Å²) in [5, 5.41) is 6.50. The van der Waals surface area contributed by atoms with Crippen molar-refractivity contribution in [2.45, 2.75) is 26.3 Å². The van der Waals surface area contributed by atoms with Crippen molar-refractivity contribution in [3.8, 4) is 0 Å². The van der Waals surface area contributed by atoms with Crippen molar-refractivity contribution in [2.75, 3.05) is 19.6 Å². The van der Waals surface area contributed by atoms with Gasteiger partial charge in [-0.1, -0.05) is 0 Å². The average Bonchev–Trinajstić information content (AvgIpc) is 2.94. The molecule has 17 heavy (non-hydrogen) atoms. The van der Waals surface area contributed by atoms with Crippen LogP contribution in [0.3, 0.4) is 0 Å². The number of hydrogen-bond donors (Lipinski definition) is 1. The summed E-state index contributed by atoms with van der Waals surface area (Å²) in [4.78, 5) is 18.4. The summed E-state index contributed by atoms with van der Waals surface area (Å²) >= 11 is 1.65. The second-order valence-corrected chi connectivity index (χ2v) is 6.27. The number of rotatable bonds is 2. The van der Waals surface area contributed by atoms with Crippen LogP contribution in [-0.2, 0) is 11.3 Å². The molecule has 4 nitrogen and oxygen atoms in total. The van der Waals surface area contributed by atoms with Crippen LogP contribution in [0.25, 0.3) is 0 Å². The minimum atomic E-state index is 0.210. The van der Waals surface area contributed by atoms with Gasteiger partial charge in [0, 0.05) is 30.3 Å². The Morgan fingerprint density at radius 2 is 2.53 bits per heavy atom. The average molecular weight is 251 g/mol. The third-order valence-corrected chi connectivity index (χ3v) is 4.58. The van der Waals surface area contributed by atoms with Gasteiger partial charge in [0.2, 0.25) is 5.91 Å². The standard InChI is InChI=1S/C12H17N3OS/c1-9-14-10(6-17-9)5-15-8-12(4-11(15)16)2-3-13-7-12/h6,13H,2-5,7-8H2,1H3. The zero-order chi connectivity index (χ0) is 11.9. The summed E-state index contributed by atoms with van der Waals surface area (Å²) in [7, 11) is 0. The number of amides is 1. The van der Waals surface area contributed by atoms with Gasteiger partial charge in [0.25, 0.3) is 0 Å². The number of aryl methyl sites for hydroxylation is 1. The Labute approximate surface area is 105 Å². The summed E-state index contributed by atoms with van der Waals surface area (Å²) in [6, 6.07) is 0. The first-order valence-corrected chi connectivity index (χ1v) is 6.94. The highest BCUT2D eigenvalue weighted by atomic mass is 32.1. The molecule has 0 radical (unpaired) electrons. The molecule has 5 heteroatoms. The van der Waals surface area contributed by atoms with Gasteiger partial charge in [-0.2, -0.15) is 0 Å². The fourth-order valence-electron chi connectivity index (χ4n) is 2.88. The third-order valence-electron chi connectivity index (χ3n) is 3.76. The van der Waals surface area contributed by atoms with E-state index in [2.05, 4.69) is 15.7 Å². The molecular formula is C12H17N3OS. The Morgan fingerprint density at radius 1 is 1.65 bits per heavy atom. The Morgan fingerprint density at radius 3 is 3.18 bits per heavy atom. The Bertz CT molecular complexity index is 437. The Balaban J connectivity index is 1.70. The minimum Gasteiger partial charge on any atom is -0.336 e. The summed E-state index contributed by atoms with van der Waals surface area (Å²) in [5.41, 5.74) is 1.24. The van der Waals surface area contributed by atoms with Gasteiger partial charge in [-0.25, -0.2) is 4.98 Å². The lowest BCUT2D eigenvalue weighted by atomic mass is 9.86. The fourth-order valence-corrected chi connectivity index (χ4v) is 3.49. The van der Waals surface area contributed by atoms with Crippen LogP contribution in [0.2, 0.25) is 0 Å². The van der Waals surface area contributed by atoms with E-state index < -0.39 is 0 Å². The molecule has 1 aromatic rings. The molecular weight excluding hydrogens is 234 g/mol. The molecule has 1 N–H and O–H groups in total. The maximum Gasteiger partial charge on any atom is 0.223 e. The van der Waals surface area contributed by atoms with E-state index in [-0.39, 0.29) is 5.41 Å². The molecule has 0 aromatic carbocycles. The molecule has 92 valence electrons. The van der Waals surface area contributed by atoms with Crippen molar-refractivity contribution < 1.29 is 4.79 Å². The normalized spacial score (nSPS) is 28.5. The zero-order valence-corrected chi connectivity index (χ0v) is 10.8. The molecule has 1 spiro atoms. The minimum absolute atomic E-state index is 0.210. The van der Waals surface area contributed by atoms with Crippen LogP contribution in [0.4, 0.5) is 0 Å². The molecule has 0 aliphatic carbocycles. The highest BCUT2D eigenvalue weighted by molar-refractivity contribution is 7.09. The number of nitrogens with zero attached hydrogens (tertiary/aromatic N) is 2. The van der Waals surface area contributed by atoms with Gasteiger partial charge >= 0.3 is 0 Å². The molecule has 1 aromatic heterocycles. The Kier molecular flexibility index (Phi) is 2.67. The number of aromatic nitrogens is 1. The molecule has 1 unspecified atom stereocenters. The van der Waals surface area contributed by atoms with Crippen molar-refractivity contribution in [1.82, 2.24) is 15.2 Å². The van der Waals surface area contributed by atoms with E-state index in [0.717, 1.165) is 36.8 Å². The fraction of sp³-hybridized carbons (Fsp3) is 0.667. The van der Waals surface area contributed by atoms with Crippen LogP contribution >= 0.6 is 11.3 Å². The van der Waals surface area contributed by atoms with Gasteiger partial charge in [-0.15, -0.1) is 11.3 Å². The SMILES string of the molecule is Cc1nc(CN2CC3(CCNC3)CC2=O)cs1. The second-order valence-electron chi connectivity index (χ2n) is 5.21. The predicted molar refractivity (Wildman–Crippen MR) is 66.8 cm³/mol. The van der Waals surface area contributed by atoms with E-state index in [1.807, 2.05) is 11.8 Å². The summed E-state index contributed by atoms with van der Waals surface area (Å²) < 4.78 is 0. The van der Waals surface area contributed by atoms with Gasteiger partial charge < -0.3 is 10.2 Å². The molecule has 2 fully saturated rings. The number of carbonyl (C=O) groups is 1. The molecule has 3 heterocycles. The van der Waals surface area contributed by atoms with E-state index in [1.165, 1.54) is 0 Å². The van der Waals surface area contributed by atoms with Crippen molar-refractivity contribution in [2.24, 2.45) is 5.41 Å². The van der Waals surface area contributed by atoms with Crippen molar-refractivity contribution in [3.63, 3.8) is 0 Å². The maximum absolute atomic E-state index is 12.0. The zero-order valence-electron chi connectivity index (χ0n) is 10.0. The van der Waals surface area contributed by atoms with Crippen molar-refractivity contribution in [3.05, 3.63) is 16.1 Å². The molecule has 2 aliphatic rings. The number of thiazole rings is 1. The summed E-state index contributed by atoms with van der Waals surface area (Å²) in [6.07, 6.45) is 1.84. The molecule has 0 saturated carbocycles. The highest BCUT2D eigenvalue weighted by Gasteiger charge is 2.44. The molecule has 2 aliphatic heterocycles. The lowest BCUT2D eigenvalue weighted by molar-refractivity contribution is -0.128. The van der Waals surface area contributed by atoms with Crippen LogP contribution in [0.1, 0.15) is 23.5 Å². The maximum atomic E-state index is 12.0. The topological polar surface area (TPSA) is 45.2 Å². The Hall–Kier alpha value is -0.940. The predicted octanol–water partition coefficient (Wildman–Crippen LogP) is 1.16. The second kappa shape index (κ2) is 4.07. The van der Waals surface area contributed by atoms with Gasteiger partial charge in [0.1, 0.15) is 0 Å². The number of carbonyl (C=O) groups excluding carboxylic acids is 1. The molecule has 3 rings (SSSR count). The van der Waals surface area contributed by atoms with Gasteiger partial charge in [-0.05, 0) is 19.9 Å². The first-order valence-electron chi connectivity index (χ1n) is 6.06. The van der Waals surface area contributed by atoms with Crippen LogP contribution < -0.4 is 5.32 Å². The largest absolute Gasteiger partial charge is 0.336 e. The summed E-state index contributed by atoms with van der Waals surface area (Å²) in [5.74, 6) is 0.291. The van der Waals surface area contributed by atoms with Crippen LogP contribution in [0.5, 0.6) is 0 Å². The van der Waals surface area contributed by atoms with Crippen LogP contribution in [0, 0.1) is 12.3 Å². The number of nitrogens with one attached hydrogen (secondary N) is 1. The highest BCUT2D eigenvalue weighted by Crippen LogP contribution is 2.37. The number of hydrogen-bond acceptors (Lipinski definition) is 4. The monoisotopic (exact) mass is 251 g/mol. The quantitative estimate of drug-likeness (QED) is 0.858. The molecule has 1 amide bonds. The van der Waals surface area contributed by atoms with E-state index in [4.69, 9.17) is 0 Å². The lowest BCUT2D eigenvalue weighted by Crippen LogP contribution is -2.29. The first-order chi connectivity index (χ1) is 8.17. The number of likely N-dealkylation sites (tertiary alicyclic amines) is 1. The van der Waals surface area contributed by atoms with E-state index >= 15 is 0 Å². The lowest BCUT2D eigenvalue weighted by Gasteiger charge is -2.21. The van der Waals surface area contributed by atoms with E-state index in [0.29, 0.717) is 18.9 Å². The molecule has 0 bridgehead atoms. The van der Waals surface area contributed by atoms with Gasteiger partial charge in [0.15, 0.2) is 0 Å². The van der Waals surface area contributed by atoms with Crippen LogP contribution in [0.15, 0.2) is 5.38 Å². The third kappa shape index (κ3) is 2.09. The van der Waals surface area contributed by atoms with Crippen molar-refractivity contribution in [1.29, 1.82) is 0 Å². The molecule has 2 saturated heterocycles. The van der Waals surface area contributed by atoms with E-state index in [9.17, 15) is 4.79 Å². The van der Waals surface area contributed by atoms with Gasteiger partial charge in [0.05, 0.1) is 17.2 Å². The van der Waals surface area contributed by atoms with Crippen molar-refractivity contribution >= 4 is 17.2 Å². The first kappa shape index (κ1) is 11.2. The molecule has 1 atom stereocenters. The smallest absolute Gasteiger partial charge is 0.223 e.